The number of hydrogen-bond acceptors (Lipinski definition) is 7. The van der Waals surface area contributed by atoms with Crippen LogP contribution in [0.4, 0.5) is 16.2 Å². The van der Waals surface area contributed by atoms with E-state index in [9.17, 15) is 14.4 Å². The van der Waals surface area contributed by atoms with E-state index < -0.39 is 6.09 Å². The van der Waals surface area contributed by atoms with Crippen molar-refractivity contribution >= 4 is 29.3 Å². The van der Waals surface area contributed by atoms with Gasteiger partial charge in [-0.1, -0.05) is 30.3 Å². The van der Waals surface area contributed by atoms with Crippen LogP contribution >= 0.6 is 0 Å². The third-order valence-corrected chi connectivity index (χ3v) is 7.13. The predicted octanol–water partition coefficient (Wildman–Crippen LogP) is 3.23. The number of ether oxygens (including phenoxy) is 1. The molecule has 0 atom stereocenters. The minimum atomic E-state index is -0.597. The zero-order valence-corrected chi connectivity index (χ0v) is 22.4. The Kier molecular flexibility index (Phi) is 8.87. The Bertz CT molecular complexity index is 1310. The highest BCUT2D eigenvalue weighted by Gasteiger charge is 2.24. The molecule has 0 saturated carbocycles. The largest absolute Gasteiger partial charge is 0.444 e. The van der Waals surface area contributed by atoms with E-state index in [2.05, 4.69) is 20.5 Å². The van der Waals surface area contributed by atoms with E-state index >= 15 is 0 Å². The molecule has 3 heterocycles. The number of pyridine rings is 1. The number of amides is 3. The van der Waals surface area contributed by atoms with Gasteiger partial charge in [0.15, 0.2) is 0 Å². The lowest BCUT2D eigenvalue weighted by Crippen LogP contribution is -2.46. The molecule has 2 N–H and O–H groups in total. The Hall–Kier alpha value is -4.44. The van der Waals surface area contributed by atoms with Crippen molar-refractivity contribution in [2.75, 3.05) is 62.6 Å². The van der Waals surface area contributed by atoms with Gasteiger partial charge in [0.05, 0.1) is 16.9 Å². The molecule has 10 nitrogen and oxygen atoms in total. The van der Waals surface area contributed by atoms with Crippen molar-refractivity contribution in [3.8, 4) is 0 Å². The van der Waals surface area contributed by atoms with Gasteiger partial charge >= 0.3 is 6.09 Å². The molecule has 208 valence electrons. The SMILES string of the molecule is O=C(Nc1cc(C(=O)N2CCNCC2)ccc1N1CCCN(C(=O)c2cccnc2)CC1)OCc1ccccc1. The number of rotatable bonds is 6. The van der Waals surface area contributed by atoms with E-state index in [1.165, 1.54) is 0 Å². The van der Waals surface area contributed by atoms with Gasteiger partial charge in [0.25, 0.3) is 11.8 Å². The Morgan fingerprint density at radius 3 is 2.38 bits per heavy atom. The molecule has 2 fully saturated rings. The molecule has 10 heteroatoms. The van der Waals surface area contributed by atoms with Gasteiger partial charge in [-0.3, -0.25) is 19.9 Å². The monoisotopic (exact) mass is 542 g/mol. The summed E-state index contributed by atoms with van der Waals surface area (Å²) in [6.07, 6.45) is 3.39. The molecule has 2 saturated heterocycles. The number of hydrogen-bond donors (Lipinski definition) is 2. The predicted molar refractivity (Wildman–Crippen MR) is 152 cm³/mol. The average Bonchev–Trinajstić information content (AvgIpc) is 3.27. The first kappa shape index (κ1) is 27.1. The van der Waals surface area contributed by atoms with E-state index in [4.69, 9.17) is 4.74 Å². The summed E-state index contributed by atoms with van der Waals surface area (Å²) in [5.74, 6) is -0.118. The van der Waals surface area contributed by atoms with Gasteiger partial charge in [-0.2, -0.15) is 0 Å². The van der Waals surface area contributed by atoms with Gasteiger partial charge in [-0.05, 0) is 42.3 Å². The van der Waals surface area contributed by atoms with Crippen LogP contribution in [0.2, 0.25) is 0 Å². The molecule has 1 aromatic heterocycles. The maximum Gasteiger partial charge on any atom is 0.412 e. The second-order valence-corrected chi connectivity index (χ2v) is 9.84. The maximum atomic E-state index is 13.2. The van der Waals surface area contributed by atoms with Crippen LogP contribution in [0.15, 0.2) is 73.1 Å². The summed E-state index contributed by atoms with van der Waals surface area (Å²) in [4.78, 5) is 49.0. The van der Waals surface area contributed by atoms with Gasteiger partial charge in [-0.25, -0.2) is 4.79 Å². The minimum absolute atomic E-state index is 0.0465. The fourth-order valence-corrected chi connectivity index (χ4v) is 5.00. The van der Waals surface area contributed by atoms with Crippen LogP contribution in [0.3, 0.4) is 0 Å². The van der Waals surface area contributed by atoms with E-state index in [-0.39, 0.29) is 18.4 Å². The summed E-state index contributed by atoms with van der Waals surface area (Å²) in [6.45, 7) is 5.31. The topological polar surface area (TPSA) is 107 Å². The fourth-order valence-electron chi connectivity index (χ4n) is 5.00. The van der Waals surface area contributed by atoms with Crippen molar-refractivity contribution in [3.05, 3.63) is 89.7 Å². The van der Waals surface area contributed by atoms with E-state index in [0.717, 1.165) is 30.8 Å². The van der Waals surface area contributed by atoms with E-state index in [1.807, 2.05) is 52.3 Å². The quantitative estimate of drug-likeness (QED) is 0.493. The number of nitrogens with zero attached hydrogens (tertiary/aromatic N) is 4. The van der Waals surface area contributed by atoms with Crippen molar-refractivity contribution in [1.82, 2.24) is 20.1 Å². The number of carbonyl (C=O) groups excluding carboxylic acids is 3. The smallest absolute Gasteiger partial charge is 0.412 e. The normalized spacial score (nSPS) is 15.8. The van der Waals surface area contributed by atoms with Crippen LogP contribution in [0.5, 0.6) is 0 Å². The highest BCUT2D eigenvalue weighted by molar-refractivity contribution is 5.99. The number of benzene rings is 2. The number of piperazine rings is 1. The second kappa shape index (κ2) is 13.1. The summed E-state index contributed by atoms with van der Waals surface area (Å²) in [5, 5.41) is 6.14. The highest BCUT2D eigenvalue weighted by Crippen LogP contribution is 2.29. The van der Waals surface area contributed by atoms with Crippen molar-refractivity contribution in [2.45, 2.75) is 13.0 Å². The van der Waals surface area contributed by atoms with Crippen LogP contribution in [-0.4, -0.2) is 85.0 Å². The summed E-state index contributed by atoms with van der Waals surface area (Å²) in [7, 11) is 0. The Morgan fingerprint density at radius 2 is 1.60 bits per heavy atom. The Labute approximate surface area is 233 Å². The van der Waals surface area contributed by atoms with E-state index in [1.54, 1.807) is 30.6 Å². The lowest BCUT2D eigenvalue weighted by Gasteiger charge is -2.29. The van der Waals surface area contributed by atoms with Crippen molar-refractivity contribution in [1.29, 1.82) is 0 Å². The van der Waals surface area contributed by atoms with Crippen molar-refractivity contribution in [2.24, 2.45) is 0 Å². The first-order valence-electron chi connectivity index (χ1n) is 13.6. The molecular formula is C30H34N6O4. The van der Waals surface area contributed by atoms with Gasteiger partial charge in [0, 0.05) is 70.3 Å². The van der Waals surface area contributed by atoms with Crippen LogP contribution in [0.1, 0.15) is 32.7 Å². The summed E-state index contributed by atoms with van der Waals surface area (Å²) < 4.78 is 5.48. The number of aromatic nitrogens is 1. The van der Waals surface area contributed by atoms with Gasteiger partial charge in [0.1, 0.15) is 6.61 Å². The lowest BCUT2D eigenvalue weighted by atomic mass is 10.1. The highest BCUT2D eigenvalue weighted by atomic mass is 16.5. The van der Waals surface area contributed by atoms with Crippen molar-refractivity contribution < 1.29 is 19.1 Å². The molecule has 0 unspecified atom stereocenters. The first-order chi connectivity index (χ1) is 19.6. The van der Waals surface area contributed by atoms with Gasteiger partial charge < -0.3 is 24.8 Å². The van der Waals surface area contributed by atoms with E-state index in [0.29, 0.717) is 56.1 Å². The molecule has 0 bridgehead atoms. The molecule has 0 radical (unpaired) electrons. The van der Waals surface area contributed by atoms with Crippen molar-refractivity contribution in [3.63, 3.8) is 0 Å². The molecular weight excluding hydrogens is 508 g/mol. The lowest BCUT2D eigenvalue weighted by molar-refractivity contribution is 0.0734. The minimum Gasteiger partial charge on any atom is -0.444 e. The molecule has 40 heavy (non-hydrogen) atoms. The summed E-state index contributed by atoms with van der Waals surface area (Å²) >= 11 is 0. The standard InChI is InChI=1S/C30H34N6O4/c37-28(36-16-12-31-13-17-36)24-9-10-27(26(20-24)33-30(39)40-22-23-6-2-1-3-7-23)34-14-5-15-35(19-18-34)29(38)25-8-4-11-32-21-25/h1-4,6-11,20-21,31H,5,12-19,22H2,(H,33,39). The molecule has 3 amide bonds. The molecule has 3 aromatic rings. The van der Waals surface area contributed by atoms with Gasteiger partial charge in [-0.15, -0.1) is 0 Å². The van der Waals surface area contributed by atoms with Gasteiger partial charge in [0.2, 0.25) is 0 Å². The third kappa shape index (κ3) is 6.76. The van der Waals surface area contributed by atoms with Crippen LogP contribution in [0.25, 0.3) is 0 Å². The molecule has 2 aliphatic rings. The van der Waals surface area contributed by atoms with Crippen LogP contribution in [-0.2, 0) is 11.3 Å². The number of nitrogens with one attached hydrogen (secondary N) is 2. The average molecular weight is 543 g/mol. The first-order valence-corrected chi connectivity index (χ1v) is 13.6. The molecule has 0 aliphatic carbocycles. The number of anilines is 2. The molecule has 2 aliphatic heterocycles. The Morgan fingerprint density at radius 1 is 0.825 bits per heavy atom. The maximum absolute atomic E-state index is 13.2. The van der Waals surface area contributed by atoms with Crippen LogP contribution in [0, 0.1) is 0 Å². The summed E-state index contributed by atoms with van der Waals surface area (Å²) in [5.41, 5.74) is 3.24. The van der Waals surface area contributed by atoms with Crippen LogP contribution < -0.4 is 15.5 Å². The Balaban J connectivity index is 1.33. The molecule has 5 rings (SSSR count). The third-order valence-electron chi connectivity index (χ3n) is 7.13. The zero-order valence-electron chi connectivity index (χ0n) is 22.4. The molecule has 2 aromatic carbocycles. The number of carbonyl (C=O) groups is 3. The zero-order chi connectivity index (χ0) is 27.7. The molecule has 0 spiro atoms. The second-order valence-electron chi connectivity index (χ2n) is 9.84. The fraction of sp³-hybridized carbons (Fsp3) is 0.333. The summed E-state index contributed by atoms with van der Waals surface area (Å²) in [6, 6.07) is 18.4.